The van der Waals surface area contributed by atoms with Crippen molar-refractivity contribution >= 4 is 17.1 Å². The van der Waals surface area contributed by atoms with E-state index in [1.807, 2.05) is 45.9 Å². The zero-order valence-electron chi connectivity index (χ0n) is 18.7. The van der Waals surface area contributed by atoms with Crippen molar-refractivity contribution in [1.29, 1.82) is 0 Å². The third-order valence-corrected chi connectivity index (χ3v) is 5.62. The lowest BCUT2D eigenvalue weighted by Gasteiger charge is -2.37. The lowest BCUT2D eigenvalue weighted by atomic mass is 9.83. The molecule has 0 bridgehead atoms. The highest BCUT2D eigenvalue weighted by molar-refractivity contribution is 5.96. The molecule has 4 rings (SSSR count). The largest absolute Gasteiger partial charge is 0.493 e. The molecule has 31 heavy (non-hydrogen) atoms. The Morgan fingerprint density at radius 2 is 2.00 bits per heavy atom. The minimum atomic E-state index is -1.53. The van der Waals surface area contributed by atoms with E-state index in [2.05, 4.69) is 11.1 Å². The number of aromatic nitrogens is 1. The molecule has 0 fully saturated rings. The van der Waals surface area contributed by atoms with Gasteiger partial charge in [0.15, 0.2) is 17.1 Å². The summed E-state index contributed by atoms with van der Waals surface area (Å²) in [5, 5.41) is 10.4. The van der Waals surface area contributed by atoms with Crippen molar-refractivity contribution in [2.24, 2.45) is 0 Å². The van der Waals surface area contributed by atoms with Crippen LogP contribution < -0.4 is 4.74 Å². The minimum Gasteiger partial charge on any atom is -0.493 e. The molecule has 0 saturated heterocycles. The number of carboxylic acid groups (broad SMARTS) is 1. The fraction of sp³-hybridized carbons (Fsp3) is 0.440. The van der Waals surface area contributed by atoms with Gasteiger partial charge in [0, 0.05) is 18.1 Å². The molecule has 2 aromatic carbocycles. The monoisotopic (exact) mass is 423 g/mol. The van der Waals surface area contributed by atoms with E-state index in [1.165, 1.54) is 0 Å². The van der Waals surface area contributed by atoms with Gasteiger partial charge in [-0.3, -0.25) is 0 Å². The van der Waals surface area contributed by atoms with E-state index in [0.717, 1.165) is 35.3 Å². The molecule has 164 valence electrons. The topological polar surface area (TPSA) is 81.8 Å². The Hall–Kier alpha value is -2.86. The summed E-state index contributed by atoms with van der Waals surface area (Å²) < 4.78 is 17.8. The standard InChI is InChI=1S/C25H29NO5/c1-6-25(23(27)28,31-24(3,4)5)18-10-12-20-22(26-15(2)30-20)21(18)17-9-11-19-16(14-17)8-7-13-29-19/h9-12,14H,6-8,13H2,1-5H3,(H,27,28). The summed E-state index contributed by atoms with van der Waals surface area (Å²) in [4.78, 5) is 17.3. The number of rotatable bonds is 5. The number of benzene rings is 2. The van der Waals surface area contributed by atoms with Crippen molar-refractivity contribution < 1.29 is 23.8 Å². The van der Waals surface area contributed by atoms with E-state index in [0.29, 0.717) is 29.2 Å². The Balaban J connectivity index is 2.03. The zero-order chi connectivity index (χ0) is 22.4. The molecule has 1 aliphatic heterocycles. The van der Waals surface area contributed by atoms with Gasteiger partial charge in [0.1, 0.15) is 11.3 Å². The predicted molar refractivity (Wildman–Crippen MR) is 118 cm³/mol. The number of hydrogen-bond donors (Lipinski definition) is 1. The van der Waals surface area contributed by atoms with E-state index in [4.69, 9.17) is 13.9 Å². The van der Waals surface area contributed by atoms with E-state index in [9.17, 15) is 9.90 Å². The average Bonchev–Trinajstić information content (AvgIpc) is 3.10. The van der Waals surface area contributed by atoms with Crippen molar-refractivity contribution in [1.82, 2.24) is 4.98 Å². The number of fused-ring (bicyclic) bond motifs is 2. The van der Waals surface area contributed by atoms with Crippen molar-refractivity contribution in [2.45, 2.75) is 65.1 Å². The Bertz CT molecular complexity index is 1140. The molecule has 1 aromatic heterocycles. The van der Waals surface area contributed by atoms with Crippen LogP contribution >= 0.6 is 0 Å². The van der Waals surface area contributed by atoms with Crippen LogP contribution in [0, 0.1) is 6.92 Å². The number of aryl methyl sites for hydroxylation is 2. The van der Waals surface area contributed by atoms with Gasteiger partial charge in [-0.1, -0.05) is 19.1 Å². The number of nitrogens with zero attached hydrogens (tertiary/aromatic N) is 1. The van der Waals surface area contributed by atoms with Crippen LogP contribution in [0.15, 0.2) is 34.7 Å². The lowest BCUT2D eigenvalue weighted by molar-refractivity contribution is -0.188. The van der Waals surface area contributed by atoms with Crippen LogP contribution in [0.5, 0.6) is 5.75 Å². The fourth-order valence-electron chi connectivity index (χ4n) is 4.40. The summed E-state index contributed by atoms with van der Waals surface area (Å²) in [7, 11) is 0. The van der Waals surface area contributed by atoms with Crippen molar-refractivity contribution in [3.8, 4) is 16.9 Å². The van der Waals surface area contributed by atoms with Gasteiger partial charge in [-0.2, -0.15) is 0 Å². The first-order valence-electron chi connectivity index (χ1n) is 10.7. The van der Waals surface area contributed by atoms with Crippen LogP contribution in [-0.2, 0) is 21.6 Å². The second-order valence-electron chi connectivity index (χ2n) is 9.04. The molecular formula is C25H29NO5. The molecule has 1 unspecified atom stereocenters. The molecule has 6 nitrogen and oxygen atoms in total. The van der Waals surface area contributed by atoms with E-state index < -0.39 is 17.2 Å². The highest BCUT2D eigenvalue weighted by Gasteiger charge is 2.45. The van der Waals surface area contributed by atoms with Gasteiger partial charge in [0.2, 0.25) is 0 Å². The third-order valence-electron chi connectivity index (χ3n) is 5.62. The number of ether oxygens (including phenoxy) is 2. The maximum Gasteiger partial charge on any atom is 0.340 e. The molecule has 0 spiro atoms. The molecule has 1 N–H and O–H groups in total. The Morgan fingerprint density at radius 3 is 2.68 bits per heavy atom. The molecule has 1 atom stereocenters. The van der Waals surface area contributed by atoms with Crippen LogP contribution in [-0.4, -0.2) is 28.3 Å². The first kappa shape index (κ1) is 21.4. The normalized spacial score (nSPS) is 15.9. The Labute approximate surface area is 182 Å². The van der Waals surface area contributed by atoms with Gasteiger partial charge in [-0.15, -0.1) is 0 Å². The molecular weight excluding hydrogens is 394 g/mol. The Morgan fingerprint density at radius 1 is 1.23 bits per heavy atom. The number of carbonyl (C=O) groups is 1. The zero-order valence-corrected chi connectivity index (χ0v) is 18.7. The maximum absolute atomic E-state index is 12.7. The number of oxazole rings is 1. The van der Waals surface area contributed by atoms with Crippen LogP contribution in [0.1, 0.15) is 57.6 Å². The first-order valence-corrected chi connectivity index (χ1v) is 10.7. The van der Waals surface area contributed by atoms with Gasteiger partial charge < -0.3 is 19.0 Å². The molecule has 0 saturated carbocycles. The van der Waals surface area contributed by atoms with E-state index >= 15 is 0 Å². The second kappa shape index (κ2) is 7.68. The molecule has 6 heteroatoms. The van der Waals surface area contributed by atoms with Crippen molar-refractivity contribution in [3.05, 3.63) is 47.3 Å². The van der Waals surface area contributed by atoms with Gasteiger partial charge in [0.25, 0.3) is 0 Å². The minimum absolute atomic E-state index is 0.267. The van der Waals surface area contributed by atoms with Crippen molar-refractivity contribution in [2.75, 3.05) is 6.61 Å². The highest BCUT2D eigenvalue weighted by atomic mass is 16.5. The summed E-state index contributed by atoms with van der Waals surface area (Å²) >= 11 is 0. The van der Waals surface area contributed by atoms with Crippen molar-refractivity contribution in [3.63, 3.8) is 0 Å². The summed E-state index contributed by atoms with van der Waals surface area (Å²) in [6, 6.07) is 9.59. The van der Waals surface area contributed by atoms with Gasteiger partial charge in [0.05, 0.1) is 12.2 Å². The summed E-state index contributed by atoms with van der Waals surface area (Å²) in [6.45, 7) is 9.95. The molecule has 2 heterocycles. The first-order chi connectivity index (χ1) is 14.6. The fourth-order valence-corrected chi connectivity index (χ4v) is 4.40. The molecule has 3 aromatic rings. The molecule has 0 amide bonds. The predicted octanol–water partition coefficient (Wildman–Crippen LogP) is 5.63. The molecule has 0 aliphatic carbocycles. The van der Waals surface area contributed by atoms with Gasteiger partial charge >= 0.3 is 5.97 Å². The lowest BCUT2D eigenvalue weighted by Crippen LogP contribution is -2.44. The Kier molecular flexibility index (Phi) is 5.30. The van der Waals surface area contributed by atoms with Gasteiger partial charge in [-0.05, 0) is 69.4 Å². The quantitative estimate of drug-likeness (QED) is 0.572. The second-order valence-corrected chi connectivity index (χ2v) is 9.04. The van der Waals surface area contributed by atoms with E-state index in [-0.39, 0.29) is 6.42 Å². The highest BCUT2D eigenvalue weighted by Crippen LogP contribution is 2.44. The summed E-state index contributed by atoms with van der Waals surface area (Å²) in [5.74, 6) is 0.391. The summed E-state index contributed by atoms with van der Waals surface area (Å²) in [5.41, 5.74) is 2.38. The number of aliphatic carboxylic acids is 1. The van der Waals surface area contributed by atoms with E-state index in [1.54, 1.807) is 13.0 Å². The third kappa shape index (κ3) is 3.81. The average molecular weight is 424 g/mol. The van der Waals surface area contributed by atoms with Crippen LogP contribution in [0.25, 0.3) is 22.2 Å². The maximum atomic E-state index is 12.7. The summed E-state index contributed by atoms with van der Waals surface area (Å²) in [6.07, 6.45) is 2.14. The number of hydrogen-bond acceptors (Lipinski definition) is 5. The van der Waals surface area contributed by atoms with Crippen LogP contribution in [0.4, 0.5) is 0 Å². The van der Waals surface area contributed by atoms with Gasteiger partial charge in [-0.25, -0.2) is 9.78 Å². The van der Waals surface area contributed by atoms with Crippen LogP contribution in [0.3, 0.4) is 0 Å². The number of carboxylic acids is 1. The molecule has 1 aliphatic rings. The smallest absolute Gasteiger partial charge is 0.340 e. The molecule has 0 radical (unpaired) electrons. The van der Waals surface area contributed by atoms with Crippen LogP contribution in [0.2, 0.25) is 0 Å². The SMILES string of the molecule is CCC(OC(C)(C)C)(C(=O)O)c1ccc2oc(C)nc2c1-c1ccc2c(c1)CCCO2.